The summed E-state index contributed by atoms with van der Waals surface area (Å²) in [5.74, 6) is 1.29. The van der Waals surface area contributed by atoms with E-state index in [1.165, 1.54) is 4.57 Å². The van der Waals surface area contributed by atoms with Crippen molar-refractivity contribution in [1.29, 1.82) is 0 Å². The van der Waals surface area contributed by atoms with Gasteiger partial charge in [0.05, 0.1) is 24.5 Å². The van der Waals surface area contributed by atoms with Crippen molar-refractivity contribution in [3.05, 3.63) is 40.2 Å². The van der Waals surface area contributed by atoms with Crippen molar-refractivity contribution >= 4 is 11.0 Å². The van der Waals surface area contributed by atoms with Gasteiger partial charge in [0, 0.05) is 6.92 Å². The third-order valence-electron chi connectivity index (χ3n) is 3.79. The quantitative estimate of drug-likeness (QED) is 0.730. The lowest BCUT2D eigenvalue weighted by Crippen LogP contribution is -2.21. The zero-order valence-corrected chi connectivity index (χ0v) is 11.9. The van der Waals surface area contributed by atoms with Crippen LogP contribution in [-0.4, -0.2) is 24.3 Å². The summed E-state index contributed by atoms with van der Waals surface area (Å²) in [5, 5.41) is 4.85. The molecule has 1 saturated carbocycles. The summed E-state index contributed by atoms with van der Waals surface area (Å²) < 4.78 is 8.91. The Hall–Kier alpha value is -2.44. The second-order valence-electron chi connectivity index (χ2n) is 5.48. The number of aromatic nitrogens is 5. The Kier molecular flexibility index (Phi) is 2.51. The Balaban J connectivity index is 1.78. The highest BCUT2D eigenvalue weighted by Gasteiger charge is 2.27. The molecule has 1 fully saturated rings. The first kappa shape index (κ1) is 12.3. The Morgan fingerprint density at radius 2 is 2.19 bits per heavy atom. The highest BCUT2D eigenvalue weighted by Crippen LogP contribution is 2.35. The highest BCUT2D eigenvalue weighted by molar-refractivity contribution is 5.73. The highest BCUT2D eigenvalue weighted by atomic mass is 16.4. The van der Waals surface area contributed by atoms with Crippen molar-refractivity contribution < 1.29 is 4.42 Å². The van der Waals surface area contributed by atoms with Gasteiger partial charge in [0.1, 0.15) is 17.5 Å². The van der Waals surface area contributed by atoms with E-state index in [4.69, 9.17) is 4.42 Å². The Morgan fingerprint density at radius 3 is 2.86 bits per heavy atom. The van der Waals surface area contributed by atoms with Crippen LogP contribution < -0.4 is 5.56 Å². The molecule has 7 heteroatoms. The van der Waals surface area contributed by atoms with Gasteiger partial charge in [0.25, 0.3) is 5.56 Å². The molecule has 0 atom stereocenters. The van der Waals surface area contributed by atoms with Crippen LogP contribution in [0.15, 0.2) is 21.7 Å². The summed E-state index contributed by atoms with van der Waals surface area (Å²) in [5.41, 5.74) is 1.37. The number of oxazole rings is 1. The third-order valence-corrected chi connectivity index (χ3v) is 3.79. The first-order valence-corrected chi connectivity index (χ1v) is 6.99. The normalized spacial score (nSPS) is 15.0. The maximum Gasteiger partial charge on any atom is 0.264 e. The molecule has 3 heterocycles. The molecule has 0 bridgehead atoms. The van der Waals surface area contributed by atoms with Crippen LogP contribution in [0.25, 0.3) is 11.0 Å². The van der Waals surface area contributed by atoms with Crippen molar-refractivity contribution in [2.45, 2.75) is 39.3 Å². The second-order valence-corrected chi connectivity index (χ2v) is 5.48. The van der Waals surface area contributed by atoms with Gasteiger partial charge in [-0.25, -0.2) is 14.6 Å². The van der Waals surface area contributed by atoms with E-state index in [0.717, 1.165) is 18.5 Å². The van der Waals surface area contributed by atoms with E-state index in [9.17, 15) is 4.79 Å². The fourth-order valence-corrected chi connectivity index (χ4v) is 2.54. The number of fused-ring (bicyclic) bond motifs is 1. The van der Waals surface area contributed by atoms with Gasteiger partial charge in [-0.1, -0.05) is 0 Å². The van der Waals surface area contributed by atoms with Gasteiger partial charge in [-0.2, -0.15) is 5.10 Å². The number of nitrogens with zero attached hydrogens (tertiary/aromatic N) is 5. The van der Waals surface area contributed by atoms with Crippen LogP contribution in [0.2, 0.25) is 0 Å². The van der Waals surface area contributed by atoms with Crippen LogP contribution in [0.5, 0.6) is 0 Å². The summed E-state index contributed by atoms with van der Waals surface area (Å²) in [6, 6.07) is 0.407. The summed E-state index contributed by atoms with van der Waals surface area (Å²) in [7, 11) is 0. The van der Waals surface area contributed by atoms with Crippen LogP contribution >= 0.6 is 0 Å². The van der Waals surface area contributed by atoms with E-state index in [1.807, 2.05) is 11.6 Å². The van der Waals surface area contributed by atoms with E-state index < -0.39 is 0 Å². The lowest BCUT2D eigenvalue weighted by molar-refractivity contribution is 0.458. The van der Waals surface area contributed by atoms with Gasteiger partial charge in [-0.15, -0.1) is 0 Å². The van der Waals surface area contributed by atoms with Crippen LogP contribution in [0.1, 0.15) is 36.2 Å². The smallest absolute Gasteiger partial charge is 0.264 e. The van der Waals surface area contributed by atoms with E-state index >= 15 is 0 Å². The van der Waals surface area contributed by atoms with Crippen LogP contribution in [0.3, 0.4) is 0 Å². The van der Waals surface area contributed by atoms with E-state index in [1.54, 1.807) is 19.4 Å². The fraction of sp³-hybridized carbons (Fsp3) is 0.429. The van der Waals surface area contributed by atoms with Gasteiger partial charge >= 0.3 is 0 Å². The lowest BCUT2D eigenvalue weighted by Gasteiger charge is -2.04. The van der Waals surface area contributed by atoms with Crippen molar-refractivity contribution in [2.75, 3.05) is 0 Å². The number of aryl methyl sites for hydroxylation is 2. The summed E-state index contributed by atoms with van der Waals surface area (Å²) in [6.07, 6.45) is 5.39. The molecule has 0 aliphatic heterocycles. The molecular formula is C14H15N5O2. The third kappa shape index (κ3) is 1.96. The van der Waals surface area contributed by atoms with Crippen molar-refractivity contribution in [1.82, 2.24) is 24.3 Å². The summed E-state index contributed by atoms with van der Waals surface area (Å²) >= 11 is 0. The molecule has 0 amide bonds. The average molecular weight is 285 g/mol. The molecule has 1 aliphatic carbocycles. The molecule has 3 aromatic heterocycles. The maximum atomic E-state index is 12.5. The van der Waals surface area contributed by atoms with Crippen LogP contribution in [0.4, 0.5) is 0 Å². The standard InChI is InChI=1S/C14H15N5O2/c1-8-12(21-9(2)17-8)6-18-7-15-13-11(14(18)20)5-16-19(13)10-3-4-10/h5,7,10H,3-4,6H2,1-2H3. The van der Waals surface area contributed by atoms with E-state index in [0.29, 0.717) is 35.3 Å². The minimum atomic E-state index is -0.0969. The second kappa shape index (κ2) is 4.28. The number of rotatable bonds is 3. The monoisotopic (exact) mass is 285 g/mol. The Labute approximate surface area is 120 Å². The first-order valence-electron chi connectivity index (χ1n) is 6.99. The van der Waals surface area contributed by atoms with Gasteiger partial charge in [-0.3, -0.25) is 9.36 Å². The molecular weight excluding hydrogens is 270 g/mol. The molecule has 1 aliphatic rings. The SMILES string of the molecule is Cc1nc(C)c(Cn2cnc3c(cnn3C3CC3)c2=O)o1. The molecule has 0 N–H and O–H groups in total. The minimum Gasteiger partial charge on any atom is -0.444 e. The predicted molar refractivity (Wildman–Crippen MR) is 75.1 cm³/mol. The van der Waals surface area contributed by atoms with Gasteiger partial charge < -0.3 is 4.42 Å². The summed E-state index contributed by atoms with van der Waals surface area (Å²) in [6.45, 7) is 4.00. The zero-order valence-electron chi connectivity index (χ0n) is 11.9. The van der Waals surface area contributed by atoms with Crippen LogP contribution in [0, 0.1) is 13.8 Å². The van der Waals surface area contributed by atoms with Crippen molar-refractivity contribution in [3.63, 3.8) is 0 Å². The predicted octanol–water partition coefficient (Wildman–Crippen LogP) is 1.58. The molecule has 0 saturated heterocycles. The Morgan fingerprint density at radius 1 is 1.38 bits per heavy atom. The zero-order chi connectivity index (χ0) is 14.6. The van der Waals surface area contributed by atoms with Crippen LogP contribution in [-0.2, 0) is 6.54 Å². The molecule has 7 nitrogen and oxygen atoms in total. The van der Waals surface area contributed by atoms with E-state index in [-0.39, 0.29) is 5.56 Å². The molecule has 0 spiro atoms. The average Bonchev–Trinajstić information content (AvgIpc) is 3.12. The molecule has 108 valence electrons. The number of hydrogen-bond acceptors (Lipinski definition) is 5. The Bertz CT molecular complexity index is 885. The largest absolute Gasteiger partial charge is 0.444 e. The number of hydrogen-bond donors (Lipinski definition) is 0. The lowest BCUT2D eigenvalue weighted by atomic mass is 10.3. The van der Waals surface area contributed by atoms with Gasteiger partial charge in [0.15, 0.2) is 11.5 Å². The van der Waals surface area contributed by atoms with Crippen molar-refractivity contribution in [3.8, 4) is 0 Å². The topological polar surface area (TPSA) is 78.7 Å². The van der Waals surface area contributed by atoms with Crippen molar-refractivity contribution in [2.24, 2.45) is 0 Å². The first-order chi connectivity index (χ1) is 10.1. The molecule has 0 unspecified atom stereocenters. The maximum absolute atomic E-state index is 12.5. The summed E-state index contributed by atoms with van der Waals surface area (Å²) in [4.78, 5) is 21.1. The van der Waals surface area contributed by atoms with Gasteiger partial charge in [0.2, 0.25) is 0 Å². The fourth-order valence-electron chi connectivity index (χ4n) is 2.54. The van der Waals surface area contributed by atoms with Gasteiger partial charge in [-0.05, 0) is 19.8 Å². The van der Waals surface area contributed by atoms with E-state index in [2.05, 4.69) is 15.1 Å². The molecule has 3 aromatic rings. The molecule has 21 heavy (non-hydrogen) atoms. The molecule has 0 aromatic carbocycles. The molecule has 0 radical (unpaired) electrons. The molecule has 4 rings (SSSR count). The minimum absolute atomic E-state index is 0.0969.